The van der Waals surface area contributed by atoms with E-state index in [0.717, 1.165) is 35.1 Å². The Hall–Kier alpha value is -0.910. The second-order valence-corrected chi connectivity index (χ2v) is 6.04. The fourth-order valence-corrected chi connectivity index (χ4v) is 3.16. The molecule has 1 aromatic rings. The topological polar surface area (TPSA) is 50.4 Å². The third-order valence-electron chi connectivity index (χ3n) is 3.21. The van der Waals surface area contributed by atoms with Crippen molar-refractivity contribution >= 4 is 35.8 Å². The maximum absolute atomic E-state index is 12.1. The maximum atomic E-state index is 12.1. The summed E-state index contributed by atoms with van der Waals surface area (Å²) in [5.41, 5.74) is 1.89. The number of amides is 1. The van der Waals surface area contributed by atoms with Crippen molar-refractivity contribution in [1.29, 1.82) is 0 Å². The van der Waals surface area contributed by atoms with E-state index < -0.39 is 0 Å². The molecule has 6 heteroatoms. The van der Waals surface area contributed by atoms with Crippen LogP contribution in [0.15, 0.2) is 18.2 Å². The van der Waals surface area contributed by atoms with Gasteiger partial charge in [0.2, 0.25) is 5.91 Å². The maximum Gasteiger partial charge on any atom is 0.225 e. The molecule has 0 aliphatic carbocycles. The molecule has 1 amide bonds. The zero-order valence-corrected chi connectivity index (χ0v) is 14.1. The van der Waals surface area contributed by atoms with Gasteiger partial charge < -0.3 is 15.4 Å². The number of anilines is 1. The number of hydrogen-bond donors (Lipinski definition) is 2. The third kappa shape index (κ3) is 5.77. The summed E-state index contributed by atoms with van der Waals surface area (Å²) in [5, 5.41) is 6.36. The predicted molar refractivity (Wildman–Crippen MR) is 92.0 cm³/mol. The van der Waals surface area contributed by atoms with Crippen LogP contribution in [0.1, 0.15) is 18.9 Å². The van der Waals surface area contributed by atoms with E-state index in [1.807, 2.05) is 43.8 Å². The smallest absolute Gasteiger partial charge is 0.225 e. The van der Waals surface area contributed by atoms with Crippen LogP contribution in [-0.4, -0.2) is 36.6 Å². The predicted octanol–water partition coefficient (Wildman–Crippen LogP) is 2.85. The summed E-state index contributed by atoms with van der Waals surface area (Å²) in [7, 11) is 0. The van der Waals surface area contributed by atoms with E-state index in [2.05, 4.69) is 10.6 Å². The van der Waals surface area contributed by atoms with Crippen molar-refractivity contribution in [2.45, 2.75) is 26.3 Å². The van der Waals surface area contributed by atoms with Crippen molar-refractivity contribution < 1.29 is 9.53 Å². The number of rotatable bonds is 5. The van der Waals surface area contributed by atoms with Gasteiger partial charge in [0.05, 0.1) is 6.61 Å². The summed E-state index contributed by atoms with van der Waals surface area (Å²) in [6.07, 6.45) is 0.527. The monoisotopic (exact) mass is 330 g/mol. The van der Waals surface area contributed by atoms with Crippen LogP contribution in [0.3, 0.4) is 0 Å². The lowest BCUT2D eigenvalue weighted by atomic mass is 10.1. The lowest BCUT2D eigenvalue weighted by molar-refractivity contribution is -0.116. The molecule has 0 saturated carbocycles. The van der Waals surface area contributed by atoms with E-state index in [-0.39, 0.29) is 24.4 Å². The van der Waals surface area contributed by atoms with Crippen LogP contribution < -0.4 is 15.4 Å². The Kier molecular flexibility index (Phi) is 7.93. The molecule has 1 aromatic carbocycles. The molecule has 1 heterocycles. The van der Waals surface area contributed by atoms with E-state index >= 15 is 0 Å². The summed E-state index contributed by atoms with van der Waals surface area (Å²) < 4.78 is 5.44. The molecule has 4 nitrogen and oxygen atoms in total. The van der Waals surface area contributed by atoms with Crippen molar-refractivity contribution in [3.8, 4) is 5.75 Å². The molecule has 2 rings (SSSR count). The number of aryl methyl sites for hydroxylation is 1. The number of thioether (sulfide) groups is 1. The molecule has 0 aromatic heterocycles. The number of carbonyl (C=O) groups excluding carboxylic acids is 1. The zero-order valence-electron chi connectivity index (χ0n) is 12.5. The van der Waals surface area contributed by atoms with Crippen LogP contribution in [0.25, 0.3) is 0 Å². The number of carbonyl (C=O) groups is 1. The molecule has 0 bridgehead atoms. The minimum Gasteiger partial charge on any atom is -0.494 e. The first-order valence-electron chi connectivity index (χ1n) is 7.03. The van der Waals surface area contributed by atoms with E-state index in [0.29, 0.717) is 13.0 Å². The van der Waals surface area contributed by atoms with Gasteiger partial charge in [-0.2, -0.15) is 11.8 Å². The van der Waals surface area contributed by atoms with Gasteiger partial charge in [0, 0.05) is 36.2 Å². The minimum atomic E-state index is 0. The van der Waals surface area contributed by atoms with Crippen LogP contribution in [-0.2, 0) is 4.79 Å². The molecule has 21 heavy (non-hydrogen) atoms. The van der Waals surface area contributed by atoms with Crippen molar-refractivity contribution in [2.24, 2.45) is 0 Å². The van der Waals surface area contributed by atoms with Crippen LogP contribution in [0.5, 0.6) is 5.75 Å². The van der Waals surface area contributed by atoms with Gasteiger partial charge in [-0.25, -0.2) is 0 Å². The second-order valence-electron chi connectivity index (χ2n) is 4.89. The number of nitrogens with one attached hydrogen (secondary N) is 2. The Morgan fingerprint density at radius 1 is 1.52 bits per heavy atom. The van der Waals surface area contributed by atoms with Crippen molar-refractivity contribution in [3.05, 3.63) is 23.8 Å². The molecule has 0 spiro atoms. The Balaban J connectivity index is 0.00000220. The Morgan fingerprint density at radius 3 is 2.95 bits per heavy atom. The molecule has 1 unspecified atom stereocenters. The molecule has 1 saturated heterocycles. The van der Waals surface area contributed by atoms with Gasteiger partial charge in [-0.3, -0.25) is 4.79 Å². The second kappa shape index (κ2) is 9.18. The molecular weight excluding hydrogens is 308 g/mol. The minimum absolute atomic E-state index is 0. The molecule has 1 atom stereocenters. The first-order valence-corrected chi connectivity index (χ1v) is 8.19. The van der Waals surface area contributed by atoms with Crippen molar-refractivity contribution in [1.82, 2.24) is 5.32 Å². The van der Waals surface area contributed by atoms with Crippen LogP contribution in [0.4, 0.5) is 5.69 Å². The van der Waals surface area contributed by atoms with Gasteiger partial charge in [-0.05, 0) is 37.6 Å². The first-order chi connectivity index (χ1) is 9.69. The standard InChI is InChI=1S/C15H22N2O2S.ClH/c1-3-19-13-4-5-14(11(2)8-13)17-15(18)9-12-10-20-7-6-16-12;/h4-5,8,12,16H,3,6-7,9-10H2,1-2H3,(H,17,18);1H. The molecule has 1 aliphatic rings. The van der Waals surface area contributed by atoms with E-state index in [1.165, 1.54) is 0 Å². The largest absolute Gasteiger partial charge is 0.494 e. The fraction of sp³-hybridized carbons (Fsp3) is 0.533. The SMILES string of the molecule is CCOc1ccc(NC(=O)CC2CSCCN2)c(C)c1.Cl. The van der Waals surface area contributed by atoms with Gasteiger partial charge >= 0.3 is 0 Å². The highest BCUT2D eigenvalue weighted by Gasteiger charge is 2.17. The quantitative estimate of drug-likeness (QED) is 0.871. The molecule has 1 aliphatic heterocycles. The highest BCUT2D eigenvalue weighted by Crippen LogP contribution is 2.22. The van der Waals surface area contributed by atoms with Crippen molar-refractivity contribution in [2.75, 3.05) is 30.0 Å². The van der Waals surface area contributed by atoms with Gasteiger partial charge in [0.25, 0.3) is 0 Å². The van der Waals surface area contributed by atoms with E-state index in [1.54, 1.807) is 0 Å². The summed E-state index contributed by atoms with van der Waals surface area (Å²) in [6, 6.07) is 6.03. The lowest BCUT2D eigenvalue weighted by Crippen LogP contribution is -2.39. The molecule has 0 radical (unpaired) electrons. The highest BCUT2D eigenvalue weighted by molar-refractivity contribution is 7.99. The van der Waals surface area contributed by atoms with E-state index in [9.17, 15) is 4.79 Å². The summed E-state index contributed by atoms with van der Waals surface area (Å²) in [4.78, 5) is 12.1. The first kappa shape index (κ1) is 18.1. The average Bonchev–Trinajstić information content (AvgIpc) is 2.43. The van der Waals surface area contributed by atoms with Gasteiger partial charge in [0.15, 0.2) is 0 Å². The summed E-state index contributed by atoms with van der Waals surface area (Å²) in [6.45, 7) is 5.58. The van der Waals surface area contributed by atoms with Gasteiger partial charge in [-0.15, -0.1) is 12.4 Å². The van der Waals surface area contributed by atoms with Gasteiger partial charge in [0.1, 0.15) is 5.75 Å². The fourth-order valence-electron chi connectivity index (χ4n) is 2.21. The Labute approximate surface area is 136 Å². The molecule has 2 N–H and O–H groups in total. The normalized spacial score (nSPS) is 17.7. The molecular formula is C15H23ClN2O2S. The molecule has 1 fully saturated rings. The van der Waals surface area contributed by atoms with E-state index in [4.69, 9.17) is 4.74 Å². The number of hydrogen-bond acceptors (Lipinski definition) is 4. The number of ether oxygens (including phenoxy) is 1. The Morgan fingerprint density at radius 2 is 2.33 bits per heavy atom. The zero-order chi connectivity index (χ0) is 14.4. The molecule has 118 valence electrons. The number of halogens is 1. The number of benzene rings is 1. The summed E-state index contributed by atoms with van der Waals surface area (Å²) in [5.74, 6) is 3.05. The van der Waals surface area contributed by atoms with Crippen LogP contribution >= 0.6 is 24.2 Å². The van der Waals surface area contributed by atoms with Gasteiger partial charge in [-0.1, -0.05) is 0 Å². The van der Waals surface area contributed by atoms with Crippen LogP contribution in [0, 0.1) is 6.92 Å². The third-order valence-corrected chi connectivity index (χ3v) is 4.34. The van der Waals surface area contributed by atoms with Crippen LogP contribution in [0.2, 0.25) is 0 Å². The Bertz CT molecular complexity index is 465. The lowest BCUT2D eigenvalue weighted by Gasteiger charge is -2.22. The van der Waals surface area contributed by atoms with Crippen molar-refractivity contribution in [3.63, 3.8) is 0 Å². The summed E-state index contributed by atoms with van der Waals surface area (Å²) >= 11 is 1.90. The average molecular weight is 331 g/mol. The highest BCUT2D eigenvalue weighted by atomic mass is 35.5.